The van der Waals surface area contributed by atoms with Gasteiger partial charge in [0.25, 0.3) is 0 Å². The average Bonchev–Trinajstić information content (AvgIpc) is 2.73. The van der Waals surface area contributed by atoms with Crippen molar-refractivity contribution in [2.75, 3.05) is 39.6 Å². The Morgan fingerprint density at radius 3 is 2.58 bits per heavy atom. The van der Waals surface area contributed by atoms with Crippen LogP contribution in [0.4, 0.5) is 11.5 Å². The van der Waals surface area contributed by atoms with Crippen LogP contribution in [-0.4, -0.2) is 60.2 Å². The van der Waals surface area contributed by atoms with Crippen molar-refractivity contribution in [3.63, 3.8) is 0 Å². The van der Waals surface area contributed by atoms with Gasteiger partial charge in [-0.25, -0.2) is 15.0 Å². The smallest absolute Gasteiger partial charge is 0.202 e. The fourth-order valence-electron chi connectivity index (χ4n) is 3.26. The van der Waals surface area contributed by atoms with Gasteiger partial charge in [0, 0.05) is 18.0 Å². The zero-order valence-corrected chi connectivity index (χ0v) is 18.7. The van der Waals surface area contributed by atoms with E-state index < -0.39 is 0 Å². The number of hydrogen-bond donors (Lipinski definition) is 3. The molecule has 0 radical (unpaired) electrons. The normalized spacial score (nSPS) is 11.7. The maximum Gasteiger partial charge on any atom is 0.202 e. The molecule has 8 heteroatoms. The third-order valence-electron chi connectivity index (χ3n) is 4.91. The molecule has 8 nitrogen and oxygen atoms in total. The van der Waals surface area contributed by atoms with E-state index in [4.69, 9.17) is 9.73 Å². The molecule has 0 saturated heterocycles. The van der Waals surface area contributed by atoms with E-state index in [1.807, 2.05) is 32.0 Å². The van der Waals surface area contributed by atoms with Crippen LogP contribution in [0.1, 0.15) is 17.5 Å². The Hall–Kier alpha value is -3.39. The zero-order chi connectivity index (χ0) is 22.4. The highest BCUT2D eigenvalue weighted by Crippen LogP contribution is 2.32. The lowest BCUT2D eigenvalue weighted by Crippen LogP contribution is -2.33. The van der Waals surface area contributed by atoms with Gasteiger partial charge in [0.15, 0.2) is 11.5 Å². The second-order valence-electron chi connectivity index (χ2n) is 7.67. The molecular weight excluding hydrogens is 392 g/mol. The summed E-state index contributed by atoms with van der Waals surface area (Å²) in [6, 6.07) is 9.40. The van der Waals surface area contributed by atoms with Gasteiger partial charge < -0.3 is 25.4 Å². The van der Waals surface area contributed by atoms with Gasteiger partial charge in [0.1, 0.15) is 12.1 Å². The molecule has 0 saturated carbocycles. The van der Waals surface area contributed by atoms with Gasteiger partial charge >= 0.3 is 0 Å². The summed E-state index contributed by atoms with van der Waals surface area (Å²) < 4.78 is 5.26. The van der Waals surface area contributed by atoms with E-state index in [1.165, 1.54) is 13.4 Å². The maximum absolute atomic E-state index is 10.1. The minimum absolute atomic E-state index is 0.0332. The quantitative estimate of drug-likeness (QED) is 0.304. The molecule has 1 aromatic heterocycles. The zero-order valence-electron chi connectivity index (χ0n) is 18.7. The summed E-state index contributed by atoms with van der Waals surface area (Å²) >= 11 is 0. The second kappa shape index (κ2) is 10.1. The van der Waals surface area contributed by atoms with Crippen molar-refractivity contribution in [1.82, 2.24) is 20.2 Å². The number of nitrogens with zero attached hydrogens (tertiary/aromatic N) is 4. The van der Waals surface area contributed by atoms with Gasteiger partial charge in [-0.05, 0) is 58.1 Å². The molecule has 0 amide bonds. The Labute approximate surface area is 183 Å². The molecule has 0 atom stereocenters. The van der Waals surface area contributed by atoms with Gasteiger partial charge in [-0.3, -0.25) is 0 Å². The number of phenolic OH excluding ortho intramolecular Hbond substituents is 1. The SMILES string of the molecule is COc1cc2c(NC(=Nc3c(C)cccc3C)NCCCN(C)C)ncnc2cc1O. The maximum atomic E-state index is 10.1. The van der Waals surface area contributed by atoms with E-state index >= 15 is 0 Å². The molecule has 1 heterocycles. The summed E-state index contributed by atoms with van der Waals surface area (Å²) in [6.07, 6.45) is 2.42. The van der Waals surface area contributed by atoms with Crippen molar-refractivity contribution in [2.45, 2.75) is 20.3 Å². The van der Waals surface area contributed by atoms with E-state index in [2.05, 4.69) is 39.6 Å². The summed E-state index contributed by atoms with van der Waals surface area (Å²) in [4.78, 5) is 15.7. The van der Waals surface area contributed by atoms with Crippen molar-refractivity contribution in [3.05, 3.63) is 47.8 Å². The number of anilines is 1. The molecule has 0 unspecified atom stereocenters. The van der Waals surface area contributed by atoms with Gasteiger partial charge in [-0.15, -0.1) is 0 Å². The van der Waals surface area contributed by atoms with E-state index in [0.717, 1.165) is 41.7 Å². The topological polar surface area (TPSA) is 94.9 Å². The lowest BCUT2D eigenvalue weighted by molar-refractivity contribution is 0.374. The number of aromatic hydroxyl groups is 1. The molecule has 164 valence electrons. The first kappa shape index (κ1) is 22.3. The molecule has 0 aliphatic rings. The van der Waals surface area contributed by atoms with Crippen LogP contribution < -0.4 is 15.4 Å². The number of hydrogen-bond acceptors (Lipinski definition) is 6. The lowest BCUT2D eigenvalue weighted by Gasteiger charge is -2.16. The standard InChI is InChI=1S/C23H30N6O2/c1-15-8-6-9-16(2)21(15)27-23(24-10-7-11-29(3)4)28-22-17-12-20(31-5)19(30)13-18(17)25-14-26-22/h6,8-9,12-14,30H,7,10-11H2,1-5H3,(H2,24,25,26,27,28). The summed E-state index contributed by atoms with van der Waals surface area (Å²) in [5, 5.41) is 17.5. The molecule has 0 spiro atoms. The predicted octanol–water partition coefficient (Wildman–Crippen LogP) is 3.60. The number of phenols is 1. The lowest BCUT2D eigenvalue weighted by atomic mass is 10.1. The number of para-hydroxylation sites is 1. The van der Waals surface area contributed by atoms with E-state index in [0.29, 0.717) is 23.0 Å². The van der Waals surface area contributed by atoms with Gasteiger partial charge in [0.05, 0.1) is 18.3 Å². The predicted molar refractivity (Wildman–Crippen MR) is 126 cm³/mol. The van der Waals surface area contributed by atoms with Crippen LogP contribution in [0.15, 0.2) is 41.7 Å². The Kier molecular flexibility index (Phi) is 7.25. The number of aromatic nitrogens is 2. The van der Waals surface area contributed by atoms with Gasteiger partial charge in [0.2, 0.25) is 5.96 Å². The minimum Gasteiger partial charge on any atom is -0.504 e. The van der Waals surface area contributed by atoms with Crippen molar-refractivity contribution >= 4 is 28.4 Å². The number of methoxy groups -OCH3 is 1. The van der Waals surface area contributed by atoms with Crippen molar-refractivity contribution < 1.29 is 9.84 Å². The number of aliphatic imine (C=N–C) groups is 1. The van der Waals surface area contributed by atoms with Crippen LogP contribution in [0.25, 0.3) is 10.9 Å². The number of nitrogens with one attached hydrogen (secondary N) is 2. The third-order valence-corrected chi connectivity index (χ3v) is 4.91. The van der Waals surface area contributed by atoms with Crippen molar-refractivity contribution in [1.29, 1.82) is 0 Å². The largest absolute Gasteiger partial charge is 0.504 e. The fourth-order valence-corrected chi connectivity index (χ4v) is 3.26. The van der Waals surface area contributed by atoms with Crippen LogP contribution >= 0.6 is 0 Å². The first-order chi connectivity index (χ1) is 14.9. The summed E-state index contributed by atoms with van der Waals surface area (Å²) in [5.41, 5.74) is 3.70. The summed E-state index contributed by atoms with van der Waals surface area (Å²) in [6.45, 7) is 5.81. The fraction of sp³-hybridized carbons (Fsp3) is 0.348. The minimum atomic E-state index is 0.0332. The number of guanidine groups is 1. The Balaban J connectivity index is 1.97. The number of rotatable bonds is 7. The molecule has 31 heavy (non-hydrogen) atoms. The highest BCUT2D eigenvalue weighted by Gasteiger charge is 2.12. The molecule has 3 rings (SSSR count). The molecule has 0 bridgehead atoms. The van der Waals surface area contributed by atoms with Crippen molar-refractivity contribution in [2.24, 2.45) is 4.99 Å². The number of aryl methyl sites for hydroxylation is 2. The summed E-state index contributed by atoms with van der Waals surface area (Å²) in [5.74, 6) is 1.57. The molecule has 3 N–H and O–H groups in total. The molecule has 2 aromatic carbocycles. The van der Waals surface area contributed by atoms with Gasteiger partial charge in [-0.1, -0.05) is 18.2 Å². The molecule has 3 aromatic rings. The second-order valence-corrected chi connectivity index (χ2v) is 7.67. The van der Waals surface area contributed by atoms with Crippen LogP contribution in [0, 0.1) is 13.8 Å². The van der Waals surface area contributed by atoms with Crippen LogP contribution in [-0.2, 0) is 0 Å². The van der Waals surface area contributed by atoms with Crippen LogP contribution in [0.2, 0.25) is 0 Å². The van der Waals surface area contributed by atoms with E-state index in [9.17, 15) is 5.11 Å². The summed E-state index contributed by atoms with van der Waals surface area (Å²) in [7, 11) is 5.62. The molecule has 0 aliphatic carbocycles. The monoisotopic (exact) mass is 422 g/mol. The Bertz CT molecular complexity index is 1060. The Morgan fingerprint density at radius 1 is 1.16 bits per heavy atom. The number of benzene rings is 2. The molecule has 0 aliphatic heterocycles. The van der Waals surface area contributed by atoms with E-state index in [-0.39, 0.29) is 5.75 Å². The van der Waals surface area contributed by atoms with Gasteiger partial charge in [-0.2, -0.15) is 0 Å². The van der Waals surface area contributed by atoms with Crippen molar-refractivity contribution in [3.8, 4) is 11.5 Å². The highest BCUT2D eigenvalue weighted by molar-refractivity contribution is 6.02. The first-order valence-corrected chi connectivity index (χ1v) is 10.2. The number of ether oxygens (including phenoxy) is 1. The molecule has 0 fully saturated rings. The average molecular weight is 423 g/mol. The first-order valence-electron chi connectivity index (χ1n) is 10.2. The number of fused-ring (bicyclic) bond motifs is 1. The van der Waals surface area contributed by atoms with E-state index in [1.54, 1.807) is 12.1 Å². The van der Waals surface area contributed by atoms with Crippen LogP contribution in [0.3, 0.4) is 0 Å². The Morgan fingerprint density at radius 2 is 1.90 bits per heavy atom. The highest BCUT2D eigenvalue weighted by atomic mass is 16.5. The third kappa shape index (κ3) is 5.61. The molecular formula is C23H30N6O2. The van der Waals surface area contributed by atoms with Crippen LogP contribution in [0.5, 0.6) is 11.5 Å².